The summed E-state index contributed by atoms with van der Waals surface area (Å²) in [4.78, 5) is 23.8. The maximum atomic E-state index is 11.6. The molecule has 17 heavy (non-hydrogen) atoms. The Bertz CT molecular complexity index is 464. The molecular weight excluding hydrogens is 262 g/mol. The number of carbonyl (C=O) groups is 2. The van der Waals surface area contributed by atoms with Crippen molar-refractivity contribution in [2.45, 2.75) is 4.90 Å². The Labute approximate surface area is 108 Å². The third-order valence-electron chi connectivity index (χ3n) is 2.29. The minimum Gasteiger partial charge on any atom is -0.365 e. The number of carbonyl (C=O) groups excluding carboxylic acids is 2. The van der Waals surface area contributed by atoms with Gasteiger partial charge in [-0.1, -0.05) is 17.7 Å². The molecule has 0 aliphatic carbocycles. The zero-order valence-electron chi connectivity index (χ0n) is 8.86. The summed E-state index contributed by atoms with van der Waals surface area (Å²) >= 11 is 6.85. The van der Waals surface area contributed by atoms with Crippen molar-refractivity contribution >= 4 is 35.2 Å². The predicted octanol–water partition coefficient (Wildman–Crippen LogP) is 1.88. The number of fused-ring (bicyclic) bond motifs is 1. The summed E-state index contributed by atoms with van der Waals surface area (Å²) in [5, 5.41) is 2.28. The highest BCUT2D eigenvalue weighted by atomic mass is 35.5. The normalized spacial score (nSPS) is 13.7. The summed E-state index contributed by atoms with van der Waals surface area (Å²) in [7, 11) is 0. The molecule has 1 heterocycles. The van der Waals surface area contributed by atoms with Gasteiger partial charge in [0.05, 0.1) is 17.7 Å². The van der Waals surface area contributed by atoms with Gasteiger partial charge >= 0.3 is 0 Å². The first-order chi connectivity index (χ1) is 8.24. The molecule has 2 rings (SSSR count). The largest absolute Gasteiger partial charge is 0.365 e. The van der Waals surface area contributed by atoms with Crippen molar-refractivity contribution in [2.24, 2.45) is 0 Å². The van der Waals surface area contributed by atoms with Gasteiger partial charge in [0, 0.05) is 10.6 Å². The number of rotatable bonds is 5. The first-order valence-corrected chi connectivity index (χ1v) is 6.51. The topological polar surface area (TPSA) is 55.4 Å². The maximum absolute atomic E-state index is 11.6. The van der Waals surface area contributed by atoms with Gasteiger partial charge in [0.1, 0.15) is 6.07 Å². The lowest BCUT2D eigenvalue weighted by Gasteiger charge is -2.05. The molecule has 0 unspecified atom stereocenters. The predicted molar refractivity (Wildman–Crippen MR) is 65.6 cm³/mol. The fraction of sp³-hybridized carbons (Fsp3) is 0.273. The molecule has 0 saturated heterocycles. The molecule has 0 aromatic heterocycles. The molecule has 2 amide bonds. The second kappa shape index (κ2) is 5.53. The standard InChI is InChI=1S/C11H10ClNO3S/c12-6-16-4-5-17-8-3-1-2-7-9(8)11(15)13-10(7)14/h1-3H,4-6H2,(H,13,14,15). The van der Waals surface area contributed by atoms with E-state index >= 15 is 0 Å². The summed E-state index contributed by atoms with van der Waals surface area (Å²) in [6, 6.07) is 5.39. The van der Waals surface area contributed by atoms with Crippen LogP contribution in [-0.2, 0) is 4.74 Å². The van der Waals surface area contributed by atoms with Crippen LogP contribution in [0.4, 0.5) is 0 Å². The monoisotopic (exact) mass is 271 g/mol. The summed E-state index contributed by atoms with van der Waals surface area (Å²) in [6.45, 7) is 0.507. The highest BCUT2D eigenvalue weighted by molar-refractivity contribution is 7.99. The van der Waals surface area contributed by atoms with Crippen molar-refractivity contribution in [3.05, 3.63) is 29.3 Å². The third-order valence-corrected chi connectivity index (χ3v) is 3.46. The van der Waals surface area contributed by atoms with Crippen LogP contribution >= 0.6 is 23.4 Å². The van der Waals surface area contributed by atoms with Gasteiger partial charge in [-0.15, -0.1) is 11.8 Å². The summed E-state index contributed by atoms with van der Waals surface area (Å²) in [5.74, 6) is 0.0285. The van der Waals surface area contributed by atoms with Crippen molar-refractivity contribution in [2.75, 3.05) is 18.4 Å². The molecule has 0 bridgehead atoms. The molecule has 0 atom stereocenters. The third kappa shape index (κ3) is 2.62. The second-order valence-electron chi connectivity index (χ2n) is 3.33. The number of imide groups is 1. The van der Waals surface area contributed by atoms with Gasteiger partial charge in [0.25, 0.3) is 11.8 Å². The first kappa shape index (κ1) is 12.4. The highest BCUT2D eigenvalue weighted by Crippen LogP contribution is 2.28. The molecule has 6 heteroatoms. The van der Waals surface area contributed by atoms with E-state index < -0.39 is 0 Å². The molecule has 1 N–H and O–H groups in total. The zero-order valence-corrected chi connectivity index (χ0v) is 10.4. The maximum Gasteiger partial charge on any atom is 0.260 e. The Hall–Kier alpha value is -1.04. The van der Waals surface area contributed by atoms with Crippen molar-refractivity contribution < 1.29 is 14.3 Å². The number of nitrogens with one attached hydrogen (secondary N) is 1. The second-order valence-corrected chi connectivity index (χ2v) is 4.68. The number of alkyl halides is 1. The molecule has 1 aromatic rings. The molecule has 0 fully saturated rings. The van der Waals surface area contributed by atoms with Crippen LogP contribution in [0.5, 0.6) is 0 Å². The zero-order chi connectivity index (χ0) is 12.3. The van der Waals surface area contributed by atoms with Crippen LogP contribution in [0.2, 0.25) is 0 Å². The first-order valence-electron chi connectivity index (χ1n) is 4.99. The van der Waals surface area contributed by atoms with E-state index in [1.807, 2.05) is 6.07 Å². The lowest BCUT2D eigenvalue weighted by Crippen LogP contribution is -2.20. The lowest BCUT2D eigenvalue weighted by atomic mass is 10.1. The minimum atomic E-state index is -0.329. The van der Waals surface area contributed by atoms with Crippen molar-refractivity contribution in [1.29, 1.82) is 0 Å². The number of ether oxygens (including phenoxy) is 1. The quantitative estimate of drug-likeness (QED) is 0.384. The van der Waals surface area contributed by atoms with Crippen LogP contribution < -0.4 is 5.32 Å². The number of benzene rings is 1. The van der Waals surface area contributed by atoms with E-state index in [9.17, 15) is 9.59 Å². The van der Waals surface area contributed by atoms with Crippen LogP contribution in [0, 0.1) is 0 Å². The van der Waals surface area contributed by atoms with Crippen LogP contribution in [0.1, 0.15) is 20.7 Å². The molecule has 1 aromatic carbocycles. The van der Waals surface area contributed by atoms with Crippen molar-refractivity contribution in [1.82, 2.24) is 5.32 Å². The Morgan fingerprint density at radius 3 is 2.88 bits per heavy atom. The van der Waals surface area contributed by atoms with E-state index in [1.165, 1.54) is 11.8 Å². The van der Waals surface area contributed by atoms with Crippen LogP contribution in [0.25, 0.3) is 0 Å². The van der Waals surface area contributed by atoms with E-state index in [1.54, 1.807) is 12.1 Å². The van der Waals surface area contributed by atoms with Gasteiger partial charge in [0.2, 0.25) is 0 Å². The molecule has 1 aliphatic rings. The smallest absolute Gasteiger partial charge is 0.260 e. The fourth-order valence-corrected chi connectivity index (χ4v) is 2.62. The summed E-state index contributed by atoms with van der Waals surface area (Å²) in [5.41, 5.74) is 0.909. The number of halogens is 1. The van der Waals surface area contributed by atoms with Crippen LogP contribution in [0.15, 0.2) is 23.1 Å². The molecule has 90 valence electrons. The number of hydrogen-bond donors (Lipinski definition) is 1. The van der Waals surface area contributed by atoms with Gasteiger partial charge in [-0.05, 0) is 12.1 Å². The van der Waals surface area contributed by atoms with Gasteiger partial charge in [-0.2, -0.15) is 0 Å². The molecule has 0 saturated carbocycles. The van der Waals surface area contributed by atoms with Crippen molar-refractivity contribution in [3.8, 4) is 0 Å². The molecular formula is C11H10ClNO3S. The van der Waals surface area contributed by atoms with Gasteiger partial charge in [-0.3, -0.25) is 14.9 Å². The van der Waals surface area contributed by atoms with E-state index in [0.717, 1.165) is 4.90 Å². The molecule has 1 aliphatic heterocycles. The van der Waals surface area contributed by atoms with Gasteiger partial charge in [-0.25, -0.2) is 0 Å². The van der Waals surface area contributed by atoms with E-state index in [0.29, 0.717) is 23.5 Å². The van der Waals surface area contributed by atoms with E-state index in [4.69, 9.17) is 16.3 Å². The average molecular weight is 272 g/mol. The number of amides is 2. The fourth-order valence-electron chi connectivity index (χ4n) is 1.57. The van der Waals surface area contributed by atoms with E-state index in [2.05, 4.69) is 5.32 Å². The van der Waals surface area contributed by atoms with E-state index in [-0.39, 0.29) is 17.9 Å². The SMILES string of the molecule is O=C1NC(=O)c2c(SCCOCCl)cccc21. The van der Waals surface area contributed by atoms with Crippen LogP contribution in [0.3, 0.4) is 0 Å². The molecule has 4 nitrogen and oxygen atoms in total. The Morgan fingerprint density at radius 1 is 1.29 bits per heavy atom. The lowest BCUT2D eigenvalue weighted by molar-refractivity contribution is 0.0879. The molecule has 0 radical (unpaired) electrons. The molecule has 0 spiro atoms. The van der Waals surface area contributed by atoms with Gasteiger partial charge < -0.3 is 4.74 Å². The van der Waals surface area contributed by atoms with Crippen molar-refractivity contribution in [3.63, 3.8) is 0 Å². The average Bonchev–Trinajstić information content (AvgIpc) is 2.62. The summed E-state index contributed by atoms with van der Waals surface area (Å²) in [6.07, 6.45) is 0. The Morgan fingerprint density at radius 2 is 2.12 bits per heavy atom. The number of thioether (sulfide) groups is 1. The minimum absolute atomic E-state index is 0.159. The summed E-state index contributed by atoms with van der Waals surface area (Å²) < 4.78 is 5.00. The number of hydrogen-bond acceptors (Lipinski definition) is 4. The Balaban J connectivity index is 2.14. The highest BCUT2D eigenvalue weighted by Gasteiger charge is 2.28. The Kier molecular flexibility index (Phi) is 4.04. The van der Waals surface area contributed by atoms with Gasteiger partial charge in [0.15, 0.2) is 0 Å². The van der Waals surface area contributed by atoms with Crippen LogP contribution in [-0.4, -0.2) is 30.2 Å².